The van der Waals surface area contributed by atoms with Crippen molar-refractivity contribution in [1.29, 1.82) is 0 Å². The van der Waals surface area contributed by atoms with Gasteiger partial charge in [0.1, 0.15) is 0 Å². The van der Waals surface area contributed by atoms with Gasteiger partial charge in [-0.1, -0.05) is 30.3 Å². The highest BCUT2D eigenvalue weighted by Gasteiger charge is 2.30. The molecule has 0 bridgehead atoms. The number of hydrogen-bond acceptors (Lipinski definition) is 3. The number of piperidine rings is 1. The summed E-state index contributed by atoms with van der Waals surface area (Å²) in [5.74, 6) is 0.575. The fourth-order valence-electron chi connectivity index (χ4n) is 4.17. The van der Waals surface area contributed by atoms with Crippen LogP contribution >= 0.6 is 0 Å². The second-order valence-corrected chi connectivity index (χ2v) is 7.87. The Morgan fingerprint density at radius 3 is 2.60 bits per heavy atom. The Balaban J connectivity index is 1.54. The lowest BCUT2D eigenvalue weighted by molar-refractivity contribution is -0.137. The van der Waals surface area contributed by atoms with E-state index < -0.39 is 0 Å². The largest absolute Gasteiger partial charge is 0.341 e. The van der Waals surface area contributed by atoms with E-state index in [0.29, 0.717) is 11.9 Å². The number of benzene rings is 1. The number of amides is 1. The van der Waals surface area contributed by atoms with Crippen molar-refractivity contribution < 1.29 is 4.79 Å². The summed E-state index contributed by atoms with van der Waals surface area (Å²) in [5.41, 5.74) is 1.35. The third-order valence-electron chi connectivity index (χ3n) is 5.68. The Labute approximate surface area is 152 Å². The van der Waals surface area contributed by atoms with E-state index in [9.17, 15) is 4.79 Å². The lowest BCUT2D eigenvalue weighted by Gasteiger charge is -2.35. The highest BCUT2D eigenvalue weighted by molar-refractivity contribution is 5.79. The minimum atomic E-state index is 0.183. The Morgan fingerprint density at radius 2 is 1.84 bits per heavy atom. The molecule has 2 fully saturated rings. The number of carbonyl (C=O) groups excluding carboxylic acids is 1. The van der Waals surface area contributed by atoms with Gasteiger partial charge < -0.3 is 4.90 Å². The van der Waals surface area contributed by atoms with E-state index in [1.165, 1.54) is 5.56 Å². The van der Waals surface area contributed by atoms with Gasteiger partial charge in [-0.05, 0) is 45.2 Å². The Morgan fingerprint density at radius 1 is 1.04 bits per heavy atom. The molecule has 1 unspecified atom stereocenters. The quantitative estimate of drug-likeness (QED) is 0.841. The van der Waals surface area contributed by atoms with Gasteiger partial charge in [0.25, 0.3) is 0 Å². The average molecular weight is 344 g/mol. The van der Waals surface area contributed by atoms with Crippen LogP contribution in [0.5, 0.6) is 0 Å². The Bertz CT molecular complexity index is 545. The van der Waals surface area contributed by atoms with E-state index in [2.05, 4.69) is 58.9 Å². The second kappa shape index (κ2) is 8.81. The molecule has 25 heavy (non-hydrogen) atoms. The monoisotopic (exact) mass is 343 g/mol. The maximum absolute atomic E-state index is 13.1. The smallest absolute Gasteiger partial charge is 0.227 e. The molecule has 1 atom stereocenters. The van der Waals surface area contributed by atoms with Gasteiger partial charge in [-0.25, -0.2) is 0 Å². The molecule has 1 aromatic rings. The molecule has 138 valence electrons. The molecule has 4 nitrogen and oxygen atoms in total. The van der Waals surface area contributed by atoms with E-state index in [0.717, 1.165) is 65.1 Å². The first-order valence-electron chi connectivity index (χ1n) is 9.92. The van der Waals surface area contributed by atoms with E-state index in [1.807, 2.05) is 0 Å². The van der Waals surface area contributed by atoms with Crippen LogP contribution in [0.15, 0.2) is 30.3 Å². The molecule has 0 aromatic heterocycles. The van der Waals surface area contributed by atoms with Gasteiger partial charge >= 0.3 is 0 Å². The van der Waals surface area contributed by atoms with Crippen molar-refractivity contribution >= 4 is 5.91 Å². The molecule has 1 amide bonds. The normalized spacial score (nSPS) is 23.6. The lowest BCUT2D eigenvalue weighted by atomic mass is 9.96. The lowest BCUT2D eigenvalue weighted by Crippen LogP contribution is -2.45. The Kier molecular flexibility index (Phi) is 6.49. The summed E-state index contributed by atoms with van der Waals surface area (Å²) in [6.45, 7) is 11.4. The van der Waals surface area contributed by atoms with Crippen molar-refractivity contribution in [2.45, 2.75) is 45.7 Å². The van der Waals surface area contributed by atoms with E-state index >= 15 is 0 Å². The van der Waals surface area contributed by atoms with Gasteiger partial charge in [0.05, 0.1) is 5.92 Å². The molecule has 2 aliphatic heterocycles. The third kappa shape index (κ3) is 5.05. The van der Waals surface area contributed by atoms with E-state index in [-0.39, 0.29) is 5.92 Å². The highest BCUT2D eigenvalue weighted by Crippen LogP contribution is 2.21. The van der Waals surface area contributed by atoms with Crippen molar-refractivity contribution in [2.75, 3.05) is 39.3 Å². The van der Waals surface area contributed by atoms with Crippen LogP contribution in [0, 0.1) is 5.92 Å². The van der Waals surface area contributed by atoms with Crippen molar-refractivity contribution in [2.24, 2.45) is 5.92 Å². The summed E-state index contributed by atoms with van der Waals surface area (Å²) >= 11 is 0. The summed E-state index contributed by atoms with van der Waals surface area (Å²) in [5, 5.41) is 0. The molecule has 0 N–H and O–H groups in total. The minimum Gasteiger partial charge on any atom is -0.341 e. The van der Waals surface area contributed by atoms with Crippen molar-refractivity contribution in [3.8, 4) is 0 Å². The summed E-state index contributed by atoms with van der Waals surface area (Å²) < 4.78 is 0. The van der Waals surface area contributed by atoms with Crippen LogP contribution in [0.4, 0.5) is 0 Å². The van der Waals surface area contributed by atoms with Gasteiger partial charge in [0, 0.05) is 45.3 Å². The van der Waals surface area contributed by atoms with Gasteiger partial charge in [-0.3, -0.25) is 14.6 Å². The summed E-state index contributed by atoms with van der Waals surface area (Å²) in [7, 11) is 0. The van der Waals surface area contributed by atoms with E-state index in [1.54, 1.807) is 0 Å². The molecule has 3 rings (SSSR count). The average Bonchev–Trinajstić information content (AvgIpc) is 2.88. The molecule has 2 aliphatic rings. The molecule has 1 aromatic carbocycles. The van der Waals surface area contributed by atoms with Gasteiger partial charge in [0.2, 0.25) is 5.91 Å². The predicted octanol–water partition coefficient (Wildman–Crippen LogP) is 2.84. The topological polar surface area (TPSA) is 26.8 Å². The molecular weight excluding hydrogens is 310 g/mol. The van der Waals surface area contributed by atoms with Crippen molar-refractivity contribution in [1.82, 2.24) is 14.7 Å². The summed E-state index contributed by atoms with van der Waals surface area (Å²) in [4.78, 5) is 20.2. The van der Waals surface area contributed by atoms with Crippen LogP contribution in [-0.2, 0) is 11.3 Å². The highest BCUT2D eigenvalue weighted by atomic mass is 16.2. The summed E-state index contributed by atoms with van der Waals surface area (Å²) in [6.07, 6.45) is 3.29. The van der Waals surface area contributed by atoms with Crippen LogP contribution in [-0.4, -0.2) is 65.9 Å². The Hall–Kier alpha value is -1.39. The zero-order valence-corrected chi connectivity index (χ0v) is 15.9. The van der Waals surface area contributed by atoms with Gasteiger partial charge in [0.15, 0.2) is 0 Å². The third-order valence-corrected chi connectivity index (χ3v) is 5.68. The van der Waals surface area contributed by atoms with Gasteiger partial charge in [-0.2, -0.15) is 0 Å². The fraction of sp³-hybridized carbons (Fsp3) is 0.667. The summed E-state index contributed by atoms with van der Waals surface area (Å²) in [6, 6.07) is 11.2. The van der Waals surface area contributed by atoms with Crippen LogP contribution < -0.4 is 0 Å². The van der Waals surface area contributed by atoms with Crippen LogP contribution in [0.3, 0.4) is 0 Å². The van der Waals surface area contributed by atoms with Crippen LogP contribution in [0.2, 0.25) is 0 Å². The zero-order chi connectivity index (χ0) is 17.6. The molecule has 0 spiro atoms. The van der Waals surface area contributed by atoms with E-state index in [4.69, 9.17) is 0 Å². The number of nitrogens with zero attached hydrogens (tertiary/aromatic N) is 3. The van der Waals surface area contributed by atoms with Crippen molar-refractivity contribution in [3.05, 3.63) is 35.9 Å². The molecule has 2 saturated heterocycles. The predicted molar refractivity (Wildman–Crippen MR) is 102 cm³/mol. The second-order valence-electron chi connectivity index (χ2n) is 7.87. The maximum Gasteiger partial charge on any atom is 0.227 e. The SMILES string of the molecule is CC(C)N1CCCN(C(=O)C2CCCN(Cc3ccccc3)C2)CC1. The number of rotatable bonds is 4. The van der Waals surface area contributed by atoms with Crippen LogP contribution in [0.25, 0.3) is 0 Å². The molecule has 4 heteroatoms. The first-order chi connectivity index (χ1) is 12.1. The standard InChI is InChI=1S/C21H33N3O/c1-18(2)23-12-7-13-24(15-14-23)21(25)20-10-6-11-22(17-20)16-19-8-4-3-5-9-19/h3-5,8-9,18,20H,6-7,10-17H2,1-2H3. The number of hydrogen-bond donors (Lipinski definition) is 0. The zero-order valence-electron chi connectivity index (χ0n) is 15.9. The van der Waals surface area contributed by atoms with Crippen molar-refractivity contribution in [3.63, 3.8) is 0 Å². The number of carbonyl (C=O) groups is 1. The van der Waals surface area contributed by atoms with Gasteiger partial charge in [-0.15, -0.1) is 0 Å². The minimum absolute atomic E-state index is 0.183. The molecule has 0 saturated carbocycles. The first-order valence-corrected chi connectivity index (χ1v) is 9.92. The maximum atomic E-state index is 13.1. The molecule has 0 radical (unpaired) electrons. The number of likely N-dealkylation sites (tertiary alicyclic amines) is 1. The fourth-order valence-corrected chi connectivity index (χ4v) is 4.17. The molecular formula is C21H33N3O. The molecule has 2 heterocycles. The van der Waals surface area contributed by atoms with Crippen LogP contribution in [0.1, 0.15) is 38.7 Å². The molecule has 0 aliphatic carbocycles. The first kappa shape index (κ1) is 18.4.